The second-order valence-corrected chi connectivity index (χ2v) is 10.5. The van der Waals surface area contributed by atoms with E-state index in [-0.39, 0.29) is 0 Å². The molecule has 0 rings (SSSR count). The van der Waals surface area contributed by atoms with Crippen LogP contribution in [0.3, 0.4) is 0 Å². The second-order valence-electron chi connectivity index (χ2n) is 5.12. The van der Waals surface area contributed by atoms with Gasteiger partial charge in [0, 0.05) is 0 Å². The van der Waals surface area contributed by atoms with Crippen molar-refractivity contribution in [3.63, 3.8) is 0 Å². The summed E-state index contributed by atoms with van der Waals surface area (Å²) in [5, 5.41) is 0. The first-order valence-electron chi connectivity index (χ1n) is 7.24. The minimum atomic E-state index is -0.818. The molecule has 0 heterocycles. The molecule has 0 amide bonds. The molecule has 0 spiro atoms. The fourth-order valence-electron chi connectivity index (χ4n) is 2.58. The maximum Gasteiger partial charge on any atom is 0.0530 e. The second kappa shape index (κ2) is 9.44. The van der Waals surface area contributed by atoms with Crippen LogP contribution in [0.4, 0.5) is 0 Å². The Morgan fingerprint density at radius 2 is 1.00 bits per heavy atom. The fourth-order valence-corrected chi connectivity index (χ4v) is 6.75. The monoisotopic (exact) mass is 228 g/mol. The van der Waals surface area contributed by atoms with Crippen molar-refractivity contribution in [3.05, 3.63) is 0 Å². The van der Waals surface area contributed by atoms with Gasteiger partial charge in [-0.1, -0.05) is 90.4 Å². The molecule has 92 valence electrons. The Kier molecular flexibility index (Phi) is 9.58. The molecule has 15 heavy (non-hydrogen) atoms. The third-order valence-corrected chi connectivity index (χ3v) is 9.95. The lowest BCUT2D eigenvalue weighted by molar-refractivity contribution is 0.732. The van der Waals surface area contributed by atoms with E-state index in [0.29, 0.717) is 0 Å². The molecule has 0 radical (unpaired) electrons. The molecule has 0 aromatic heterocycles. The first kappa shape index (κ1) is 15.2. The third kappa shape index (κ3) is 6.39. The van der Waals surface area contributed by atoms with Gasteiger partial charge >= 0.3 is 0 Å². The van der Waals surface area contributed by atoms with E-state index < -0.39 is 8.07 Å². The van der Waals surface area contributed by atoms with E-state index in [9.17, 15) is 0 Å². The zero-order valence-electron chi connectivity index (χ0n) is 11.6. The summed E-state index contributed by atoms with van der Waals surface area (Å²) in [6, 6.07) is 6.27. The Balaban J connectivity index is 3.93. The molecule has 0 unspecified atom stereocenters. The summed E-state index contributed by atoms with van der Waals surface area (Å²) in [4.78, 5) is 0. The highest BCUT2D eigenvalue weighted by Gasteiger charge is 2.26. The van der Waals surface area contributed by atoms with E-state index in [1.54, 1.807) is 12.1 Å². The van der Waals surface area contributed by atoms with Crippen LogP contribution in [0.15, 0.2) is 0 Å². The predicted octanol–water partition coefficient (Wildman–Crippen LogP) is 5.86. The molecule has 0 aliphatic rings. The van der Waals surface area contributed by atoms with Gasteiger partial charge in [-0.2, -0.15) is 0 Å². The minimum absolute atomic E-state index is 0.818. The Bertz CT molecular complexity index is 115. The van der Waals surface area contributed by atoms with E-state index in [1.807, 2.05) is 0 Å². The van der Waals surface area contributed by atoms with Crippen molar-refractivity contribution in [2.45, 2.75) is 90.4 Å². The summed E-state index contributed by atoms with van der Waals surface area (Å²) >= 11 is 0. The summed E-state index contributed by atoms with van der Waals surface area (Å²) in [7, 11) is -0.818. The lowest BCUT2D eigenvalue weighted by atomic mass is 10.3. The molecule has 0 aliphatic heterocycles. The average Bonchev–Trinajstić information content (AvgIpc) is 2.28. The van der Waals surface area contributed by atoms with E-state index in [1.165, 1.54) is 50.6 Å². The molecule has 0 aromatic carbocycles. The molecule has 0 fully saturated rings. The van der Waals surface area contributed by atoms with E-state index in [4.69, 9.17) is 0 Å². The zero-order chi connectivity index (χ0) is 11.6. The van der Waals surface area contributed by atoms with Gasteiger partial charge in [0.1, 0.15) is 0 Å². The number of unbranched alkanes of at least 4 members (excludes halogenated alkanes) is 4. The van der Waals surface area contributed by atoms with Gasteiger partial charge in [0.15, 0.2) is 0 Å². The van der Waals surface area contributed by atoms with Crippen molar-refractivity contribution in [3.8, 4) is 0 Å². The van der Waals surface area contributed by atoms with Crippen molar-refractivity contribution >= 4 is 8.07 Å². The van der Waals surface area contributed by atoms with E-state index in [0.717, 1.165) is 0 Å². The topological polar surface area (TPSA) is 0 Å². The normalized spacial score (nSPS) is 12.0. The fraction of sp³-hybridized carbons (Fsp3) is 1.00. The van der Waals surface area contributed by atoms with Gasteiger partial charge in [0.25, 0.3) is 0 Å². The van der Waals surface area contributed by atoms with Gasteiger partial charge in [-0.05, 0) is 0 Å². The quantitative estimate of drug-likeness (QED) is 0.325. The molecule has 0 atom stereocenters. The van der Waals surface area contributed by atoms with Crippen LogP contribution in [-0.4, -0.2) is 8.07 Å². The first-order chi connectivity index (χ1) is 7.24. The number of hydrogen-bond acceptors (Lipinski definition) is 0. The Hall–Kier alpha value is 0.217. The Morgan fingerprint density at radius 1 is 0.600 bits per heavy atom. The molecule has 0 bridgehead atoms. The summed E-state index contributed by atoms with van der Waals surface area (Å²) in [5.74, 6) is 0. The lowest BCUT2D eigenvalue weighted by Crippen LogP contribution is -2.31. The van der Waals surface area contributed by atoms with Crippen LogP contribution >= 0.6 is 0 Å². The predicted molar refractivity (Wildman–Crippen MR) is 75.4 cm³/mol. The number of rotatable bonds is 10. The average molecular weight is 228 g/mol. The summed E-state index contributed by atoms with van der Waals surface area (Å²) < 4.78 is 0. The van der Waals surface area contributed by atoms with Crippen molar-refractivity contribution < 1.29 is 0 Å². The molecule has 0 aromatic rings. The molecule has 0 saturated carbocycles. The summed E-state index contributed by atoms with van der Waals surface area (Å²) in [6.45, 7) is 9.54. The van der Waals surface area contributed by atoms with Crippen LogP contribution in [0.1, 0.15) is 66.2 Å². The van der Waals surface area contributed by atoms with Crippen LogP contribution in [0, 0.1) is 0 Å². The van der Waals surface area contributed by atoms with E-state index >= 15 is 0 Å². The smallest absolute Gasteiger partial charge is 0.0530 e. The van der Waals surface area contributed by atoms with Crippen LogP contribution in [0.2, 0.25) is 24.2 Å². The molecule has 0 nitrogen and oxygen atoms in total. The van der Waals surface area contributed by atoms with Gasteiger partial charge in [-0.25, -0.2) is 0 Å². The summed E-state index contributed by atoms with van der Waals surface area (Å²) in [6.07, 6.45) is 8.71. The van der Waals surface area contributed by atoms with Crippen molar-refractivity contribution in [2.75, 3.05) is 0 Å². The van der Waals surface area contributed by atoms with Crippen molar-refractivity contribution in [1.82, 2.24) is 0 Å². The van der Waals surface area contributed by atoms with Gasteiger partial charge in [-0.15, -0.1) is 0 Å². The molecular formula is C14H32Si. The maximum absolute atomic E-state index is 2.45. The van der Waals surface area contributed by atoms with Crippen LogP contribution in [-0.2, 0) is 0 Å². The van der Waals surface area contributed by atoms with Gasteiger partial charge < -0.3 is 0 Å². The third-order valence-electron chi connectivity index (χ3n) is 4.12. The largest absolute Gasteiger partial charge is 0.0678 e. The van der Waals surface area contributed by atoms with Crippen molar-refractivity contribution in [2.24, 2.45) is 0 Å². The van der Waals surface area contributed by atoms with Crippen LogP contribution < -0.4 is 0 Å². The molecule has 0 aliphatic carbocycles. The highest BCUT2D eigenvalue weighted by atomic mass is 28.3. The Labute approximate surface area is 98.9 Å². The SMILES string of the molecule is CCCCC[Si](CC)(CC)CCCCC. The summed E-state index contributed by atoms with van der Waals surface area (Å²) in [5.41, 5.74) is 0. The van der Waals surface area contributed by atoms with E-state index in [2.05, 4.69) is 27.7 Å². The molecule has 1 heteroatoms. The molecule has 0 saturated heterocycles. The molecular weight excluding hydrogens is 196 g/mol. The van der Waals surface area contributed by atoms with Gasteiger partial charge in [0.05, 0.1) is 8.07 Å². The van der Waals surface area contributed by atoms with Gasteiger partial charge in [-0.3, -0.25) is 0 Å². The highest BCUT2D eigenvalue weighted by Crippen LogP contribution is 2.30. The maximum atomic E-state index is 2.45. The standard InChI is InChI=1S/C14H32Si/c1-5-9-11-13-15(7-3,8-4)14-12-10-6-2/h5-14H2,1-4H3. The number of hydrogen-bond donors (Lipinski definition) is 0. The highest BCUT2D eigenvalue weighted by molar-refractivity contribution is 6.79. The molecule has 0 N–H and O–H groups in total. The first-order valence-corrected chi connectivity index (χ1v) is 10.1. The lowest BCUT2D eigenvalue weighted by Gasteiger charge is -2.29. The minimum Gasteiger partial charge on any atom is -0.0678 e. The van der Waals surface area contributed by atoms with Crippen LogP contribution in [0.25, 0.3) is 0 Å². The zero-order valence-corrected chi connectivity index (χ0v) is 12.6. The van der Waals surface area contributed by atoms with Gasteiger partial charge in [0.2, 0.25) is 0 Å². The van der Waals surface area contributed by atoms with Crippen LogP contribution in [0.5, 0.6) is 0 Å². The Morgan fingerprint density at radius 3 is 1.27 bits per heavy atom. The van der Waals surface area contributed by atoms with Crippen molar-refractivity contribution in [1.29, 1.82) is 0 Å².